The van der Waals surface area contributed by atoms with Crippen LogP contribution in [0.25, 0.3) is 0 Å². The SMILES string of the molecule is C=COCCCNC(=O)c1cccc(CCl)c1. The molecule has 0 atom stereocenters. The molecular weight excluding hydrogens is 238 g/mol. The molecule has 0 bridgehead atoms. The van der Waals surface area contributed by atoms with Crippen molar-refractivity contribution in [2.45, 2.75) is 12.3 Å². The summed E-state index contributed by atoms with van der Waals surface area (Å²) in [6.07, 6.45) is 2.15. The maximum atomic E-state index is 11.7. The second-order valence-electron chi connectivity index (χ2n) is 3.48. The average molecular weight is 254 g/mol. The van der Waals surface area contributed by atoms with Crippen LogP contribution >= 0.6 is 11.6 Å². The number of alkyl halides is 1. The van der Waals surface area contributed by atoms with Crippen molar-refractivity contribution in [2.24, 2.45) is 0 Å². The Balaban J connectivity index is 2.38. The Labute approximate surface area is 106 Å². The lowest BCUT2D eigenvalue weighted by Gasteiger charge is -2.06. The summed E-state index contributed by atoms with van der Waals surface area (Å²) in [6, 6.07) is 7.28. The number of benzene rings is 1. The topological polar surface area (TPSA) is 38.3 Å². The summed E-state index contributed by atoms with van der Waals surface area (Å²) >= 11 is 5.71. The van der Waals surface area contributed by atoms with Crippen molar-refractivity contribution in [3.8, 4) is 0 Å². The van der Waals surface area contributed by atoms with Crippen LogP contribution in [0.4, 0.5) is 0 Å². The van der Waals surface area contributed by atoms with Crippen LogP contribution in [0, 0.1) is 0 Å². The van der Waals surface area contributed by atoms with E-state index in [2.05, 4.69) is 11.9 Å². The largest absolute Gasteiger partial charge is 0.502 e. The van der Waals surface area contributed by atoms with Crippen molar-refractivity contribution < 1.29 is 9.53 Å². The summed E-state index contributed by atoms with van der Waals surface area (Å²) in [5.74, 6) is 0.324. The molecule has 0 heterocycles. The monoisotopic (exact) mass is 253 g/mol. The fraction of sp³-hybridized carbons (Fsp3) is 0.308. The molecule has 0 aromatic heterocycles. The van der Waals surface area contributed by atoms with Crippen molar-refractivity contribution >= 4 is 17.5 Å². The van der Waals surface area contributed by atoms with Crippen molar-refractivity contribution in [1.29, 1.82) is 0 Å². The van der Waals surface area contributed by atoms with Gasteiger partial charge in [0.25, 0.3) is 5.91 Å². The fourth-order valence-corrected chi connectivity index (χ4v) is 1.50. The zero-order chi connectivity index (χ0) is 12.5. The van der Waals surface area contributed by atoms with Gasteiger partial charge in [0.1, 0.15) is 0 Å². The maximum Gasteiger partial charge on any atom is 0.251 e. The Morgan fingerprint density at radius 2 is 2.35 bits per heavy atom. The van der Waals surface area contributed by atoms with Crippen LogP contribution in [0.1, 0.15) is 22.3 Å². The van der Waals surface area contributed by atoms with E-state index >= 15 is 0 Å². The van der Waals surface area contributed by atoms with Crippen LogP contribution in [-0.2, 0) is 10.6 Å². The van der Waals surface area contributed by atoms with E-state index in [0.29, 0.717) is 24.6 Å². The van der Waals surface area contributed by atoms with E-state index in [0.717, 1.165) is 12.0 Å². The molecule has 0 saturated carbocycles. The lowest BCUT2D eigenvalue weighted by atomic mass is 10.1. The molecule has 0 aliphatic rings. The highest BCUT2D eigenvalue weighted by Gasteiger charge is 2.04. The molecule has 0 unspecified atom stereocenters. The maximum absolute atomic E-state index is 11.7. The molecule has 1 aromatic carbocycles. The van der Waals surface area contributed by atoms with Crippen LogP contribution in [0.15, 0.2) is 37.1 Å². The zero-order valence-electron chi connectivity index (χ0n) is 9.62. The molecule has 3 nitrogen and oxygen atoms in total. The molecule has 1 aromatic rings. The van der Waals surface area contributed by atoms with Crippen molar-refractivity contribution in [3.63, 3.8) is 0 Å². The number of hydrogen-bond acceptors (Lipinski definition) is 2. The molecule has 92 valence electrons. The van der Waals surface area contributed by atoms with E-state index < -0.39 is 0 Å². The second-order valence-corrected chi connectivity index (χ2v) is 3.75. The zero-order valence-corrected chi connectivity index (χ0v) is 10.4. The first kappa shape index (κ1) is 13.6. The summed E-state index contributed by atoms with van der Waals surface area (Å²) in [6.45, 7) is 4.58. The predicted molar refractivity (Wildman–Crippen MR) is 69.1 cm³/mol. The molecule has 4 heteroatoms. The molecule has 1 N–H and O–H groups in total. The number of ether oxygens (including phenoxy) is 1. The number of carbonyl (C=O) groups is 1. The van der Waals surface area contributed by atoms with E-state index in [1.165, 1.54) is 6.26 Å². The number of amides is 1. The number of hydrogen-bond donors (Lipinski definition) is 1. The summed E-state index contributed by atoms with van der Waals surface area (Å²) in [5, 5.41) is 2.81. The predicted octanol–water partition coefficient (Wildman–Crippen LogP) is 2.71. The Bertz CT molecular complexity index is 379. The van der Waals surface area contributed by atoms with Gasteiger partial charge in [-0.05, 0) is 24.1 Å². The third-order valence-corrected chi connectivity index (χ3v) is 2.49. The Hall–Kier alpha value is -1.48. The summed E-state index contributed by atoms with van der Waals surface area (Å²) < 4.78 is 4.95. The number of nitrogens with one attached hydrogen (secondary N) is 1. The Morgan fingerprint density at radius 1 is 1.53 bits per heavy atom. The van der Waals surface area contributed by atoms with Crippen LogP contribution < -0.4 is 5.32 Å². The van der Waals surface area contributed by atoms with E-state index in [1.807, 2.05) is 12.1 Å². The first-order valence-corrected chi connectivity index (χ1v) is 5.97. The van der Waals surface area contributed by atoms with Crippen molar-refractivity contribution in [1.82, 2.24) is 5.32 Å². The van der Waals surface area contributed by atoms with E-state index in [-0.39, 0.29) is 5.91 Å². The molecule has 1 amide bonds. The van der Waals surface area contributed by atoms with Gasteiger partial charge >= 0.3 is 0 Å². The standard InChI is InChI=1S/C13H16ClNO2/c1-2-17-8-4-7-15-13(16)12-6-3-5-11(9-12)10-14/h2-3,5-6,9H,1,4,7-8,10H2,(H,15,16). The van der Waals surface area contributed by atoms with Gasteiger partial charge in [-0.15, -0.1) is 11.6 Å². The van der Waals surface area contributed by atoms with Crippen LogP contribution in [0.2, 0.25) is 0 Å². The number of carbonyl (C=O) groups excluding carboxylic acids is 1. The van der Waals surface area contributed by atoms with Gasteiger partial charge in [-0.25, -0.2) is 0 Å². The molecular formula is C13H16ClNO2. The van der Waals surface area contributed by atoms with Crippen LogP contribution in [0.5, 0.6) is 0 Å². The molecule has 0 fully saturated rings. The average Bonchev–Trinajstić information content (AvgIpc) is 2.38. The summed E-state index contributed by atoms with van der Waals surface area (Å²) in [7, 11) is 0. The third kappa shape index (κ3) is 4.91. The van der Waals surface area contributed by atoms with Gasteiger partial charge in [0.15, 0.2) is 0 Å². The molecule has 17 heavy (non-hydrogen) atoms. The van der Waals surface area contributed by atoms with Gasteiger partial charge < -0.3 is 10.1 Å². The van der Waals surface area contributed by atoms with Crippen molar-refractivity contribution in [3.05, 3.63) is 48.2 Å². The molecule has 0 spiro atoms. The molecule has 1 rings (SSSR count). The molecule has 0 aliphatic heterocycles. The molecule has 0 radical (unpaired) electrons. The minimum Gasteiger partial charge on any atom is -0.502 e. The van der Waals surface area contributed by atoms with E-state index in [4.69, 9.17) is 16.3 Å². The minimum absolute atomic E-state index is 0.0874. The first-order valence-electron chi connectivity index (χ1n) is 5.43. The number of halogens is 1. The van der Waals surface area contributed by atoms with Gasteiger partial charge in [0.2, 0.25) is 0 Å². The second kappa shape index (κ2) is 7.74. The van der Waals surface area contributed by atoms with E-state index in [1.54, 1.807) is 12.1 Å². The first-order chi connectivity index (χ1) is 8.27. The van der Waals surface area contributed by atoms with Crippen LogP contribution in [0.3, 0.4) is 0 Å². The third-order valence-electron chi connectivity index (χ3n) is 2.19. The van der Waals surface area contributed by atoms with Gasteiger partial charge in [0.05, 0.1) is 12.9 Å². The summed E-state index contributed by atoms with van der Waals surface area (Å²) in [4.78, 5) is 11.7. The van der Waals surface area contributed by atoms with Crippen molar-refractivity contribution in [2.75, 3.05) is 13.2 Å². The number of rotatable bonds is 7. The van der Waals surface area contributed by atoms with Gasteiger partial charge in [-0.1, -0.05) is 18.7 Å². The smallest absolute Gasteiger partial charge is 0.251 e. The quantitative estimate of drug-likeness (QED) is 0.461. The minimum atomic E-state index is -0.0874. The highest BCUT2D eigenvalue weighted by molar-refractivity contribution is 6.17. The Kier molecular flexibility index (Phi) is 6.18. The van der Waals surface area contributed by atoms with E-state index in [9.17, 15) is 4.79 Å². The molecule has 0 aliphatic carbocycles. The summed E-state index contributed by atoms with van der Waals surface area (Å²) in [5.41, 5.74) is 1.57. The Morgan fingerprint density at radius 3 is 3.06 bits per heavy atom. The highest BCUT2D eigenvalue weighted by Crippen LogP contribution is 2.07. The fourth-order valence-electron chi connectivity index (χ4n) is 1.34. The highest BCUT2D eigenvalue weighted by atomic mass is 35.5. The van der Waals surface area contributed by atoms with Gasteiger partial charge in [0, 0.05) is 18.0 Å². The lowest BCUT2D eigenvalue weighted by Crippen LogP contribution is -2.25. The van der Waals surface area contributed by atoms with Gasteiger partial charge in [-0.3, -0.25) is 4.79 Å². The lowest BCUT2D eigenvalue weighted by molar-refractivity contribution is 0.0950. The molecule has 0 saturated heterocycles. The normalized spacial score (nSPS) is 9.71. The van der Waals surface area contributed by atoms with Gasteiger partial charge in [-0.2, -0.15) is 0 Å². The van der Waals surface area contributed by atoms with Crippen LogP contribution in [-0.4, -0.2) is 19.1 Å².